The first kappa shape index (κ1) is 9.56. The first-order valence-electron chi connectivity index (χ1n) is 3.06. The van der Waals surface area contributed by atoms with Crippen LogP contribution in [0.1, 0.15) is 20.8 Å². The summed E-state index contributed by atoms with van der Waals surface area (Å²) in [4.78, 5) is 9.27. The predicted molar refractivity (Wildman–Crippen MR) is 40.3 cm³/mol. The number of carbonyl (C=O) groups is 1. The zero-order valence-electron chi connectivity index (χ0n) is 6.31. The number of hydrogen-bond donors (Lipinski definition) is 2. The molecule has 0 fully saturated rings. The summed E-state index contributed by atoms with van der Waals surface area (Å²) in [5.41, 5.74) is 0. The summed E-state index contributed by atoms with van der Waals surface area (Å²) >= 11 is 5.77. The summed E-state index contributed by atoms with van der Waals surface area (Å²) in [6.45, 7) is 5.33. The van der Waals surface area contributed by atoms with E-state index in [1.807, 2.05) is 13.8 Å². The third-order valence-electron chi connectivity index (χ3n) is 1.44. The summed E-state index contributed by atoms with van der Waals surface area (Å²) in [6.07, 6.45) is -1.09. The lowest BCUT2D eigenvalue weighted by molar-refractivity contribution is 0.183. The minimum Gasteiger partial charge on any atom is -0.465 e. The van der Waals surface area contributed by atoms with Crippen molar-refractivity contribution in [2.24, 2.45) is 5.92 Å². The highest BCUT2D eigenvalue weighted by Gasteiger charge is 2.26. The fraction of sp³-hybridized carbons (Fsp3) is 0.833. The minimum absolute atomic E-state index is 0.0743. The normalized spacial score (nSPS) is 16.5. The summed E-state index contributed by atoms with van der Waals surface area (Å²) in [5, 5.41) is 10.5. The van der Waals surface area contributed by atoms with Gasteiger partial charge in [-0.2, -0.15) is 0 Å². The highest BCUT2D eigenvalue weighted by molar-refractivity contribution is 6.24. The van der Waals surface area contributed by atoms with Crippen molar-refractivity contribution in [1.29, 1.82) is 0 Å². The van der Waals surface area contributed by atoms with Crippen molar-refractivity contribution in [3.63, 3.8) is 0 Å². The lowest BCUT2D eigenvalue weighted by atomic mass is 10.1. The van der Waals surface area contributed by atoms with Crippen LogP contribution < -0.4 is 5.32 Å². The smallest absolute Gasteiger partial charge is 0.406 e. The molecule has 0 saturated heterocycles. The number of nitrogens with one attached hydrogen (secondary N) is 1. The Morgan fingerprint density at radius 3 is 2.20 bits per heavy atom. The molecule has 0 saturated carbocycles. The fourth-order valence-electron chi connectivity index (χ4n) is 0.353. The number of amides is 1. The van der Waals surface area contributed by atoms with E-state index in [0.29, 0.717) is 0 Å². The molecule has 0 heterocycles. The second kappa shape index (κ2) is 3.10. The maximum Gasteiger partial charge on any atom is 0.406 e. The Balaban J connectivity index is 3.99. The van der Waals surface area contributed by atoms with Crippen molar-refractivity contribution in [2.75, 3.05) is 0 Å². The van der Waals surface area contributed by atoms with Crippen molar-refractivity contribution < 1.29 is 9.90 Å². The number of carboxylic acid groups (broad SMARTS) is 1. The zero-order chi connectivity index (χ0) is 8.36. The monoisotopic (exact) mass is 165 g/mol. The van der Waals surface area contributed by atoms with E-state index in [2.05, 4.69) is 5.32 Å². The van der Waals surface area contributed by atoms with E-state index in [1.165, 1.54) is 0 Å². The van der Waals surface area contributed by atoms with Crippen molar-refractivity contribution in [2.45, 2.75) is 25.8 Å². The SMILES string of the molecule is CC(C)C(C)(Cl)NC(=O)O. The first-order valence-corrected chi connectivity index (χ1v) is 3.44. The average molecular weight is 166 g/mol. The van der Waals surface area contributed by atoms with Crippen LogP contribution in [0.3, 0.4) is 0 Å². The summed E-state index contributed by atoms with van der Waals surface area (Å²) in [5.74, 6) is 0.0743. The maximum absolute atomic E-state index is 10.1. The van der Waals surface area contributed by atoms with Crippen molar-refractivity contribution in [3.05, 3.63) is 0 Å². The molecule has 0 spiro atoms. The van der Waals surface area contributed by atoms with Crippen LogP contribution in [0.2, 0.25) is 0 Å². The molecule has 0 aromatic carbocycles. The summed E-state index contributed by atoms with van der Waals surface area (Å²) in [6, 6.07) is 0. The molecule has 1 atom stereocenters. The van der Waals surface area contributed by atoms with Crippen LogP contribution in [0.15, 0.2) is 0 Å². The molecule has 2 N–H and O–H groups in total. The molecule has 0 aliphatic carbocycles. The lowest BCUT2D eigenvalue weighted by Gasteiger charge is -2.25. The zero-order valence-corrected chi connectivity index (χ0v) is 7.07. The van der Waals surface area contributed by atoms with Gasteiger partial charge in [0, 0.05) is 0 Å². The van der Waals surface area contributed by atoms with Gasteiger partial charge in [0.15, 0.2) is 0 Å². The van der Waals surface area contributed by atoms with Gasteiger partial charge in [-0.15, -0.1) is 0 Å². The summed E-state index contributed by atoms with van der Waals surface area (Å²) in [7, 11) is 0. The Morgan fingerprint density at radius 1 is 1.70 bits per heavy atom. The molecular formula is C6H12ClNO2. The van der Waals surface area contributed by atoms with Crippen LogP contribution in [-0.4, -0.2) is 16.2 Å². The highest BCUT2D eigenvalue weighted by atomic mass is 35.5. The lowest BCUT2D eigenvalue weighted by Crippen LogP contribution is -2.44. The van der Waals surface area contributed by atoms with E-state index in [0.717, 1.165) is 0 Å². The maximum atomic E-state index is 10.1. The largest absolute Gasteiger partial charge is 0.465 e. The molecule has 1 unspecified atom stereocenters. The molecule has 3 nitrogen and oxygen atoms in total. The van der Waals surface area contributed by atoms with Gasteiger partial charge >= 0.3 is 6.09 Å². The summed E-state index contributed by atoms with van der Waals surface area (Å²) < 4.78 is 0. The van der Waals surface area contributed by atoms with E-state index < -0.39 is 11.1 Å². The molecule has 0 aromatic heterocycles. The van der Waals surface area contributed by atoms with Gasteiger partial charge in [0.05, 0.1) is 0 Å². The average Bonchev–Trinajstić information content (AvgIpc) is 1.60. The van der Waals surface area contributed by atoms with Gasteiger partial charge in [0.25, 0.3) is 0 Å². The van der Waals surface area contributed by atoms with Crippen LogP contribution in [0.25, 0.3) is 0 Å². The molecule has 0 aromatic rings. The molecule has 4 heteroatoms. The van der Waals surface area contributed by atoms with Gasteiger partial charge in [0.1, 0.15) is 5.00 Å². The van der Waals surface area contributed by atoms with Crippen LogP contribution >= 0.6 is 11.6 Å². The van der Waals surface area contributed by atoms with E-state index in [4.69, 9.17) is 16.7 Å². The molecule has 0 aliphatic rings. The van der Waals surface area contributed by atoms with Gasteiger partial charge in [0.2, 0.25) is 0 Å². The number of alkyl halides is 1. The molecule has 60 valence electrons. The van der Waals surface area contributed by atoms with Gasteiger partial charge in [-0.1, -0.05) is 25.4 Å². The van der Waals surface area contributed by atoms with Gasteiger partial charge in [-0.25, -0.2) is 4.79 Å². The Morgan fingerprint density at radius 2 is 2.10 bits per heavy atom. The molecular weight excluding hydrogens is 154 g/mol. The number of rotatable bonds is 2. The first-order chi connectivity index (χ1) is 4.36. The molecule has 1 amide bonds. The van der Waals surface area contributed by atoms with E-state index in [-0.39, 0.29) is 5.92 Å². The van der Waals surface area contributed by atoms with E-state index in [1.54, 1.807) is 6.92 Å². The Kier molecular flexibility index (Phi) is 2.96. The second-order valence-corrected chi connectivity index (χ2v) is 3.45. The van der Waals surface area contributed by atoms with Crippen molar-refractivity contribution in [1.82, 2.24) is 5.32 Å². The highest BCUT2D eigenvalue weighted by Crippen LogP contribution is 2.20. The van der Waals surface area contributed by atoms with Gasteiger partial charge in [-0.05, 0) is 12.8 Å². The molecule has 0 bridgehead atoms. The second-order valence-electron chi connectivity index (χ2n) is 2.66. The number of hydrogen-bond acceptors (Lipinski definition) is 1. The molecule has 0 radical (unpaired) electrons. The Bertz CT molecular complexity index is 134. The topological polar surface area (TPSA) is 49.3 Å². The Labute approximate surface area is 65.4 Å². The molecule has 0 rings (SSSR count). The van der Waals surface area contributed by atoms with Crippen LogP contribution in [0.5, 0.6) is 0 Å². The van der Waals surface area contributed by atoms with Crippen molar-refractivity contribution >= 4 is 17.7 Å². The molecule has 0 aliphatic heterocycles. The van der Waals surface area contributed by atoms with E-state index in [9.17, 15) is 4.79 Å². The van der Waals surface area contributed by atoms with Gasteiger partial charge in [-0.3, -0.25) is 0 Å². The molecule has 10 heavy (non-hydrogen) atoms. The Hall–Kier alpha value is -0.440. The van der Waals surface area contributed by atoms with Crippen LogP contribution in [0.4, 0.5) is 4.79 Å². The predicted octanol–water partition coefficient (Wildman–Crippen LogP) is 1.86. The minimum atomic E-state index is -1.09. The number of halogens is 1. The van der Waals surface area contributed by atoms with Crippen LogP contribution in [0, 0.1) is 5.92 Å². The van der Waals surface area contributed by atoms with Crippen LogP contribution in [-0.2, 0) is 0 Å². The van der Waals surface area contributed by atoms with Gasteiger partial charge < -0.3 is 10.4 Å². The standard InChI is InChI=1S/C6H12ClNO2/c1-4(2)6(3,7)8-5(9)10/h4,8H,1-3H3,(H,9,10). The third-order valence-corrected chi connectivity index (χ3v) is 1.97. The fourth-order valence-corrected chi connectivity index (χ4v) is 0.434. The van der Waals surface area contributed by atoms with E-state index >= 15 is 0 Å². The third kappa shape index (κ3) is 2.92. The van der Waals surface area contributed by atoms with Crippen molar-refractivity contribution in [3.8, 4) is 0 Å². The quantitative estimate of drug-likeness (QED) is 0.485.